The smallest absolute Gasteiger partial charge is 0.306 e. The van der Waals surface area contributed by atoms with Gasteiger partial charge in [0.25, 0.3) is 11.5 Å². The van der Waals surface area contributed by atoms with Gasteiger partial charge >= 0.3 is 5.69 Å². The van der Waals surface area contributed by atoms with E-state index in [4.69, 9.17) is 0 Å². The van der Waals surface area contributed by atoms with Gasteiger partial charge in [0.05, 0.1) is 17.0 Å². The standard InChI is InChI=1S/C20H16FN3O4/c1-13-2-4-14(5-3-13)11-23-12-15(6-9-19(23)25)20(26)22-16-7-8-17(21)18(10-16)24(27)28/h2-10,12H,11H2,1H3,(H,22,26). The monoisotopic (exact) mass is 381 g/mol. The molecule has 1 N–H and O–H groups in total. The molecule has 0 saturated carbocycles. The summed E-state index contributed by atoms with van der Waals surface area (Å²) in [4.78, 5) is 34.5. The molecule has 1 heterocycles. The second kappa shape index (κ2) is 7.83. The van der Waals surface area contributed by atoms with E-state index in [-0.39, 0.29) is 16.8 Å². The number of nitro benzene ring substituents is 1. The van der Waals surface area contributed by atoms with Crippen molar-refractivity contribution in [2.45, 2.75) is 13.5 Å². The van der Waals surface area contributed by atoms with Gasteiger partial charge in [0.1, 0.15) is 0 Å². The highest BCUT2D eigenvalue weighted by molar-refractivity contribution is 6.04. The molecule has 0 spiro atoms. The van der Waals surface area contributed by atoms with E-state index in [9.17, 15) is 24.1 Å². The molecule has 7 nitrogen and oxygen atoms in total. The molecule has 142 valence electrons. The van der Waals surface area contributed by atoms with Crippen LogP contribution in [0.1, 0.15) is 21.5 Å². The predicted molar refractivity (Wildman–Crippen MR) is 102 cm³/mol. The molecule has 3 rings (SSSR count). The molecule has 0 aliphatic rings. The first-order valence-corrected chi connectivity index (χ1v) is 8.35. The molecule has 0 radical (unpaired) electrons. The Morgan fingerprint density at radius 1 is 1.14 bits per heavy atom. The number of nitrogens with zero attached hydrogens (tertiary/aromatic N) is 2. The van der Waals surface area contributed by atoms with E-state index in [1.54, 1.807) is 0 Å². The summed E-state index contributed by atoms with van der Waals surface area (Å²) in [6, 6.07) is 13.4. The first-order chi connectivity index (χ1) is 13.3. The van der Waals surface area contributed by atoms with Crippen LogP contribution in [0.2, 0.25) is 0 Å². The summed E-state index contributed by atoms with van der Waals surface area (Å²) in [6.45, 7) is 2.25. The number of halogens is 1. The fourth-order valence-corrected chi connectivity index (χ4v) is 2.61. The minimum absolute atomic E-state index is 0.0781. The van der Waals surface area contributed by atoms with E-state index in [0.29, 0.717) is 6.54 Å². The maximum atomic E-state index is 13.4. The maximum absolute atomic E-state index is 13.4. The van der Waals surface area contributed by atoms with Crippen LogP contribution in [0, 0.1) is 22.9 Å². The Kier molecular flexibility index (Phi) is 5.30. The lowest BCUT2D eigenvalue weighted by Crippen LogP contribution is -2.22. The lowest BCUT2D eigenvalue weighted by atomic mass is 10.1. The second-order valence-corrected chi connectivity index (χ2v) is 6.25. The van der Waals surface area contributed by atoms with Crippen molar-refractivity contribution in [3.05, 3.63) is 104 Å². The van der Waals surface area contributed by atoms with Gasteiger partial charge in [-0.05, 0) is 30.7 Å². The zero-order valence-electron chi connectivity index (χ0n) is 14.9. The molecular weight excluding hydrogens is 365 g/mol. The second-order valence-electron chi connectivity index (χ2n) is 6.25. The van der Waals surface area contributed by atoms with Crippen molar-refractivity contribution in [2.24, 2.45) is 0 Å². The number of nitro groups is 1. The fraction of sp³-hybridized carbons (Fsp3) is 0.100. The number of aryl methyl sites for hydroxylation is 1. The van der Waals surface area contributed by atoms with Crippen LogP contribution < -0.4 is 10.9 Å². The number of carbonyl (C=O) groups excluding carboxylic acids is 1. The Bertz CT molecular complexity index is 1110. The van der Waals surface area contributed by atoms with E-state index >= 15 is 0 Å². The Morgan fingerprint density at radius 3 is 2.54 bits per heavy atom. The van der Waals surface area contributed by atoms with E-state index < -0.39 is 22.3 Å². The van der Waals surface area contributed by atoms with Crippen LogP contribution in [-0.4, -0.2) is 15.4 Å². The Hall–Kier alpha value is -3.81. The minimum atomic E-state index is -0.991. The lowest BCUT2D eigenvalue weighted by molar-refractivity contribution is -0.387. The number of carbonyl (C=O) groups is 1. The predicted octanol–water partition coefficient (Wildman–Crippen LogP) is 3.50. The summed E-state index contributed by atoms with van der Waals surface area (Å²) in [5.74, 6) is -1.56. The molecule has 1 amide bonds. The average molecular weight is 381 g/mol. The van der Waals surface area contributed by atoms with E-state index in [0.717, 1.165) is 23.3 Å². The van der Waals surface area contributed by atoms with Crippen LogP contribution in [0.5, 0.6) is 0 Å². The molecule has 8 heteroatoms. The third-order valence-corrected chi connectivity index (χ3v) is 4.12. The number of nitrogens with one attached hydrogen (secondary N) is 1. The number of hydrogen-bond acceptors (Lipinski definition) is 4. The van der Waals surface area contributed by atoms with Crippen molar-refractivity contribution in [2.75, 3.05) is 5.32 Å². The van der Waals surface area contributed by atoms with Crippen molar-refractivity contribution in [3.63, 3.8) is 0 Å². The molecule has 3 aromatic rings. The topological polar surface area (TPSA) is 94.2 Å². The molecule has 0 aliphatic heterocycles. The molecule has 28 heavy (non-hydrogen) atoms. The summed E-state index contributed by atoms with van der Waals surface area (Å²) >= 11 is 0. The largest absolute Gasteiger partial charge is 0.322 e. The Labute approximate surface area is 159 Å². The molecular formula is C20H16FN3O4. The highest BCUT2D eigenvalue weighted by Crippen LogP contribution is 2.22. The van der Waals surface area contributed by atoms with Gasteiger partial charge in [-0.2, -0.15) is 4.39 Å². The average Bonchev–Trinajstić information content (AvgIpc) is 2.66. The van der Waals surface area contributed by atoms with Crippen molar-refractivity contribution in [1.29, 1.82) is 0 Å². The van der Waals surface area contributed by atoms with Crippen molar-refractivity contribution in [1.82, 2.24) is 4.57 Å². The summed E-state index contributed by atoms with van der Waals surface area (Å²) in [6.07, 6.45) is 1.41. The third-order valence-electron chi connectivity index (χ3n) is 4.12. The van der Waals surface area contributed by atoms with Crippen LogP contribution >= 0.6 is 0 Å². The molecule has 2 aromatic carbocycles. The highest BCUT2D eigenvalue weighted by atomic mass is 19.1. The fourth-order valence-electron chi connectivity index (χ4n) is 2.61. The normalized spacial score (nSPS) is 10.5. The maximum Gasteiger partial charge on any atom is 0.306 e. The molecule has 0 unspecified atom stereocenters. The van der Waals surface area contributed by atoms with Gasteiger partial charge in [0.2, 0.25) is 5.82 Å². The van der Waals surface area contributed by atoms with Gasteiger partial charge in [-0.3, -0.25) is 19.7 Å². The number of benzene rings is 2. The number of aromatic nitrogens is 1. The quantitative estimate of drug-likeness (QED) is 0.541. The summed E-state index contributed by atoms with van der Waals surface area (Å²) in [5, 5.41) is 13.3. The molecule has 0 bridgehead atoms. The van der Waals surface area contributed by atoms with Gasteiger partial charge in [-0.15, -0.1) is 0 Å². The summed E-state index contributed by atoms with van der Waals surface area (Å²) in [5.41, 5.74) is 1.27. The van der Waals surface area contributed by atoms with Gasteiger partial charge in [-0.25, -0.2) is 0 Å². The van der Waals surface area contributed by atoms with Crippen LogP contribution in [0.3, 0.4) is 0 Å². The third kappa shape index (κ3) is 4.29. The molecule has 0 aliphatic carbocycles. The number of rotatable bonds is 5. The summed E-state index contributed by atoms with van der Waals surface area (Å²) < 4.78 is 14.8. The van der Waals surface area contributed by atoms with Crippen molar-refractivity contribution in [3.8, 4) is 0 Å². The molecule has 0 fully saturated rings. The van der Waals surface area contributed by atoms with Crippen LogP contribution in [0.15, 0.2) is 65.6 Å². The van der Waals surface area contributed by atoms with Gasteiger partial charge in [0.15, 0.2) is 0 Å². The first-order valence-electron chi connectivity index (χ1n) is 8.35. The summed E-state index contributed by atoms with van der Waals surface area (Å²) in [7, 11) is 0. The van der Waals surface area contributed by atoms with E-state index in [1.807, 2.05) is 31.2 Å². The SMILES string of the molecule is Cc1ccc(Cn2cc(C(=O)Nc3ccc(F)c([N+](=O)[O-])c3)ccc2=O)cc1. The Balaban J connectivity index is 1.83. The lowest BCUT2D eigenvalue weighted by Gasteiger charge is -2.10. The zero-order chi connectivity index (χ0) is 20.3. The number of pyridine rings is 1. The van der Waals surface area contributed by atoms with E-state index in [2.05, 4.69) is 5.32 Å². The van der Waals surface area contributed by atoms with Crippen LogP contribution in [-0.2, 0) is 6.54 Å². The van der Waals surface area contributed by atoms with Crippen LogP contribution in [0.4, 0.5) is 15.8 Å². The first kappa shape index (κ1) is 19.0. The molecule has 0 atom stereocenters. The molecule has 1 aromatic heterocycles. The van der Waals surface area contributed by atoms with E-state index in [1.165, 1.54) is 29.0 Å². The number of anilines is 1. The van der Waals surface area contributed by atoms with Gasteiger partial charge < -0.3 is 9.88 Å². The highest BCUT2D eigenvalue weighted by Gasteiger charge is 2.16. The zero-order valence-corrected chi connectivity index (χ0v) is 14.9. The number of hydrogen-bond donors (Lipinski definition) is 1. The van der Waals surface area contributed by atoms with Crippen molar-refractivity contribution >= 4 is 17.3 Å². The van der Waals surface area contributed by atoms with Gasteiger partial charge in [0, 0.05) is 24.0 Å². The molecule has 0 saturated heterocycles. The number of amides is 1. The van der Waals surface area contributed by atoms with Gasteiger partial charge in [-0.1, -0.05) is 29.8 Å². The van der Waals surface area contributed by atoms with Crippen molar-refractivity contribution < 1.29 is 14.1 Å². The van der Waals surface area contributed by atoms with Crippen LogP contribution in [0.25, 0.3) is 0 Å². The Morgan fingerprint density at radius 2 is 1.86 bits per heavy atom. The minimum Gasteiger partial charge on any atom is -0.322 e.